The van der Waals surface area contributed by atoms with Gasteiger partial charge in [-0.05, 0) is 13.0 Å². The predicted octanol–water partition coefficient (Wildman–Crippen LogP) is 1.44. The van der Waals surface area contributed by atoms with Crippen LogP contribution in [0.15, 0.2) is 24.7 Å². The molecule has 2 aromatic heterocycles. The highest BCUT2D eigenvalue weighted by Gasteiger charge is 2.17. The van der Waals surface area contributed by atoms with Crippen molar-refractivity contribution in [3.63, 3.8) is 0 Å². The standard InChI is InChI=1S/C14H19N5O/c1-10-7-12(15-2)11(8-17-10)14(20)19(4)9-13-16-5-6-18(13)3/h5-8H,9H2,1-4H3,(H,15,17). The highest BCUT2D eigenvalue weighted by atomic mass is 16.2. The zero-order valence-electron chi connectivity index (χ0n) is 12.2. The third-order valence-electron chi connectivity index (χ3n) is 3.19. The van der Waals surface area contributed by atoms with Crippen molar-refractivity contribution in [1.29, 1.82) is 0 Å². The molecular formula is C14H19N5O. The molecule has 0 atom stereocenters. The number of rotatable bonds is 4. The van der Waals surface area contributed by atoms with Gasteiger partial charge in [-0.2, -0.15) is 0 Å². The summed E-state index contributed by atoms with van der Waals surface area (Å²) < 4.78 is 1.90. The zero-order chi connectivity index (χ0) is 14.7. The van der Waals surface area contributed by atoms with E-state index in [0.717, 1.165) is 17.2 Å². The molecule has 0 saturated carbocycles. The molecule has 20 heavy (non-hydrogen) atoms. The molecule has 2 rings (SSSR count). The molecule has 0 aliphatic heterocycles. The van der Waals surface area contributed by atoms with Crippen LogP contribution in [0.25, 0.3) is 0 Å². The third-order valence-corrected chi connectivity index (χ3v) is 3.19. The molecule has 0 unspecified atom stereocenters. The Labute approximate surface area is 118 Å². The van der Waals surface area contributed by atoms with E-state index in [4.69, 9.17) is 0 Å². The number of carbonyl (C=O) groups excluding carboxylic acids is 1. The lowest BCUT2D eigenvalue weighted by Gasteiger charge is -2.18. The van der Waals surface area contributed by atoms with Gasteiger partial charge in [0.25, 0.3) is 5.91 Å². The van der Waals surface area contributed by atoms with Crippen molar-refractivity contribution in [1.82, 2.24) is 19.4 Å². The van der Waals surface area contributed by atoms with Gasteiger partial charge in [-0.3, -0.25) is 9.78 Å². The van der Waals surface area contributed by atoms with Gasteiger partial charge in [0.15, 0.2) is 0 Å². The van der Waals surface area contributed by atoms with Gasteiger partial charge >= 0.3 is 0 Å². The Morgan fingerprint density at radius 2 is 2.20 bits per heavy atom. The Kier molecular flexibility index (Phi) is 4.02. The number of amides is 1. The molecule has 0 fully saturated rings. The van der Waals surface area contributed by atoms with Gasteiger partial charge < -0.3 is 14.8 Å². The minimum absolute atomic E-state index is 0.0788. The summed E-state index contributed by atoms with van der Waals surface area (Å²) in [5.41, 5.74) is 2.22. The Morgan fingerprint density at radius 1 is 1.45 bits per heavy atom. The van der Waals surface area contributed by atoms with E-state index < -0.39 is 0 Å². The Balaban J connectivity index is 2.20. The van der Waals surface area contributed by atoms with E-state index in [1.807, 2.05) is 30.8 Å². The minimum Gasteiger partial charge on any atom is -0.387 e. The van der Waals surface area contributed by atoms with Crippen LogP contribution in [-0.2, 0) is 13.6 Å². The normalized spacial score (nSPS) is 10.4. The number of aryl methyl sites for hydroxylation is 2. The van der Waals surface area contributed by atoms with Crippen molar-refractivity contribution in [2.24, 2.45) is 7.05 Å². The molecule has 6 heteroatoms. The van der Waals surface area contributed by atoms with Gasteiger partial charge in [-0.15, -0.1) is 0 Å². The maximum Gasteiger partial charge on any atom is 0.257 e. The molecular weight excluding hydrogens is 254 g/mol. The Bertz CT molecular complexity index is 620. The smallest absolute Gasteiger partial charge is 0.257 e. The molecule has 2 heterocycles. The maximum atomic E-state index is 12.5. The van der Waals surface area contributed by atoms with Crippen molar-refractivity contribution in [3.05, 3.63) is 41.7 Å². The van der Waals surface area contributed by atoms with E-state index in [2.05, 4.69) is 15.3 Å². The van der Waals surface area contributed by atoms with Crippen molar-refractivity contribution in [2.75, 3.05) is 19.4 Å². The van der Waals surface area contributed by atoms with E-state index in [-0.39, 0.29) is 5.91 Å². The first-order valence-electron chi connectivity index (χ1n) is 6.39. The van der Waals surface area contributed by atoms with Crippen molar-refractivity contribution in [3.8, 4) is 0 Å². The molecule has 0 spiro atoms. The topological polar surface area (TPSA) is 63.1 Å². The summed E-state index contributed by atoms with van der Waals surface area (Å²) in [5, 5.41) is 3.03. The average Bonchev–Trinajstić information content (AvgIpc) is 2.83. The Morgan fingerprint density at radius 3 is 2.80 bits per heavy atom. The summed E-state index contributed by atoms with van der Waals surface area (Å²) in [6.45, 7) is 2.35. The van der Waals surface area contributed by atoms with Gasteiger partial charge in [0, 0.05) is 45.4 Å². The summed E-state index contributed by atoms with van der Waals surface area (Å²) in [7, 11) is 5.47. The second-order valence-corrected chi connectivity index (χ2v) is 4.74. The first kappa shape index (κ1) is 14.0. The number of aromatic nitrogens is 3. The van der Waals surface area contributed by atoms with E-state index >= 15 is 0 Å². The Hall–Kier alpha value is -2.37. The molecule has 2 aromatic rings. The second kappa shape index (κ2) is 5.73. The number of nitrogens with zero attached hydrogens (tertiary/aromatic N) is 4. The molecule has 0 radical (unpaired) electrons. The van der Waals surface area contributed by atoms with E-state index in [0.29, 0.717) is 12.1 Å². The highest BCUT2D eigenvalue weighted by Crippen LogP contribution is 2.17. The lowest BCUT2D eigenvalue weighted by molar-refractivity contribution is 0.0781. The summed E-state index contributed by atoms with van der Waals surface area (Å²) >= 11 is 0. The molecule has 0 saturated heterocycles. The molecule has 6 nitrogen and oxygen atoms in total. The van der Waals surface area contributed by atoms with Gasteiger partial charge in [0.1, 0.15) is 5.82 Å². The average molecular weight is 273 g/mol. The van der Waals surface area contributed by atoms with Crippen LogP contribution in [0.4, 0.5) is 5.69 Å². The van der Waals surface area contributed by atoms with Crippen LogP contribution in [-0.4, -0.2) is 39.4 Å². The lowest BCUT2D eigenvalue weighted by atomic mass is 10.2. The van der Waals surface area contributed by atoms with E-state index in [9.17, 15) is 4.79 Å². The van der Waals surface area contributed by atoms with Crippen LogP contribution < -0.4 is 5.32 Å². The summed E-state index contributed by atoms with van der Waals surface area (Å²) in [6.07, 6.45) is 5.19. The second-order valence-electron chi connectivity index (χ2n) is 4.74. The van der Waals surface area contributed by atoms with E-state index in [1.54, 1.807) is 31.4 Å². The minimum atomic E-state index is -0.0788. The number of imidazole rings is 1. The molecule has 0 aliphatic carbocycles. The first-order valence-corrected chi connectivity index (χ1v) is 6.39. The number of carbonyl (C=O) groups is 1. The molecule has 0 aromatic carbocycles. The fourth-order valence-electron chi connectivity index (χ4n) is 1.98. The third kappa shape index (κ3) is 2.79. The highest BCUT2D eigenvalue weighted by molar-refractivity contribution is 5.99. The number of nitrogens with one attached hydrogen (secondary N) is 1. The van der Waals surface area contributed by atoms with Gasteiger partial charge in [0.2, 0.25) is 0 Å². The van der Waals surface area contributed by atoms with Crippen LogP contribution >= 0.6 is 0 Å². The molecule has 1 N–H and O–H groups in total. The fraction of sp³-hybridized carbons (Fsp3) is 0.357. The molecule has 0 aliphatic rings. The summed E-state index contributed by atoms with van der Waals surface area (Å²) in [5.74, 6) is 0.761. The predicted molar refractivity (Wildman–Crippen MR) is 77.5 cm³/mol. The van der Waals surface area contributed by atoms with Gasteiger partial charge in [-0.1, -0.05) is 0 Å². The molecule has 0 bridgehead atoms. The number of pyridine rings is 1. The van der Waals surface area contributed by atoms with Crippen LogP contribution in [0.3, 0.4) is 0 Å². The summed E-state index contributed by atoms with van der Waals surface area (Å²) in [6, 6.07) is 1.86. The van der Waals surface area contributed by atoms with Crippen LogP contribution in [0.5, 0.6) is 0 Å². The van der Waals surface area contributed by atoms with Crippen LogP contribution in [0.1, 0.15) is 21.9 Å². The van der Waals surface area contributed by atoms with Crippen LogP contribution in [0.2, 0.25) is 0 Å². The number of anilines is 1. The van der Waals surface area contributed by atoms with Crippen molar-refractivity contribution in [2.45, 2.75) is 13.5 Å². The van der Waals surface area contributed by atoms with Gasteiger partial charge in [0.05, 0.1) is 17.8 Å². The number of hydrogen-bond donors (Lipinski definition) is 1. The molecule has 106 valence electrons. The zero-order valence-corrected chi connectivity index (χ0v) is 12.2. The first-order chi connectivity index (χ1) is 9.52. The van der Waals surface area contributed by atoms with Crippen molar-refractivity contribution < 1.29 is 4.79 Å². The molecule has 1 amide bonds. The monoisotopic (exact) mass is 273 g/mol. The quantitative estimate of drug-likeness (QED) is 0.915. The van der Waals surface area contributed by atoms with Crippen LogP contribution in [0, 0.1) is 6.92 Å². The SMILES string of the molecule is CNc1cc(C)ncc1C(=O)N(C)Cc1nccn1C. The van der Waals surface area contributed by atoms with E-state index in [1.165, 1.54) is 0 Å². The summed E-state index contributed by atoms with van der Waals surface area (Å²) in [4.78, 5) is 22.5. The maximum absolute atomic E-state index is 12.5. The van der Waals surface area contributed by atoms with Gasteiger partial charge in [-0.25, -0.2) is 4.98 Å². The number of hydrogen-bond acceptors (Lipinski definition) is 4. The largest absolute Gasteiger partial charge is 0.387 e. The fourth-order valence-corrected chi connectivity index (χ4v) is 1.98. The lowest BCUT2D eigenvalue weighted by Crippen LogP contribution is -2.28. The van der Waals surface area contributed by atoms with Crippen molar-refractivity contribution >= 4 is 11.6 Å².